The second-order valence-electron chi connectivity index (χ2n) is 9.27. The molecule has 1 saturated carbocycles. The molecule has 0 radical (unpaired) electrons. The smallest absolute Gasteiger partial charge is 0.328 e. The molecule has 0 aromatic carbocycles. The van der Waals surface area contributed by atoms with Gasteiger partial charge in [-0.15, -0.1) is 0 Å². The SMILES string of the molecule is CC(=C/C(=O)O)/C=C/[C@]1(O)[C@@]2(C)CO[C@]1(C)C[C@@H](OC1OC(CO)C(O)C(O)C1O)C2. The van der Waals surface area contributed by atoms with E-state index in [9.17, 15) is 30.3 Å². The average molecular weight is 444 g/mol. The summed E-state index contributed by atoms with van der Waals surface area (Å²) in [7, 11) is 0. The second kappa shape index (κ2) is 8.53. The fraction of sp³-hybridized carbons (Fsp3) is 0.762. The Hall–Kier alpha value is -1.37. The van der Waals surface area contributed by atoms with Crippen LogP contribution in [0.15, 0.2) is 23.8 Å². The third kappa shape index (κ3) is 4.19. The second-order valence-corrected chi connectivity index (χ2v) is 9.27. The first kappa shape index (κ1) is 24.3. The van der Waals surface area contributed by atoms with Crippen LogP contribution in [-0.4, -0.2) is 97.8 Å². The molecule has 10 heteroatoms. The zero-order valence-corrected chi connectivity index (χ0v) is 17.8. The monoisotopic (exact) mass is 444 g/mol. The normalized spacial score (nSPS) is 48.3. The molecule has 31 heavy (non-hydrogen) atoms. The number of carboxylic acids is 1. The molecule has 2 saturated heterocycles. The minimum absolute atomic E-state index is 0.236. The molecule has 2 heterocycles. The number of ether oxygens (including phenoxy) is 3. The van der Waals surface area contributed by atoms with Gasteiger partial charge in [-0.2, -0.15) is 0 Å². The van der Waals surface area contributed by atoms with Gasteiger partial charge in [0.25, 0.3) is 0 Å². The van der Waals surface area contributed by atoms with Crippen LogP contribution in [0.5, 0.6) is 0 Å². The molecule has 5 unspecified atom stereocenters. The van der Waals surface area contributed by atoms with Crippen LogP contribution in [0.2, 0.25) is 0 Å². The van der Waals surface area contributed by atoms with E-state index in [0.29, 0.717) is 12.0 Å². The van der Waals surface area contributed by atoms with E-state index in [1.165, 1.54) is 0 Å². The van der Waals surface area contributed by atoms with Gasteiger partial charge in [-0.3, -0.25) is 0 Å². The zero-order chi connectivity index (χ0) is 23.2. The highest BCUT2D eigenvalue weighted by atomic mass is 16.7. The van der Waals surface area contributed by atoms with Gasteiger partial charge in [0.1, 0.15) is 35.6 Å². The summed E-state index contributed by atoms with van der Waals surface area (Å²) in [6, 6.07) is 0. The molecule has 0 amide bonds. The van der Waals surface area contributed by atoms with Gasteiger partial charge < -0.3 is 44.8 Å². The van der Waals surface area contributed by atoms with Gasteiger partial charge in [0.15, 0.2) is 6.29 Å². The van der Waals surface area contributed by atoms with Gasteiger partial charge in [0.05, 0.1) is 19.3 Å². The van der Waals surface area contributed by atoms with Crippen LogP contribution in [0.25, 0.3) is 0 Å². The zero-order valence-electron chi connectivity index (χ0n) is 17.8. The van der Waals surface area contributed by atoms with Crippen LogP contribution < -0.4 is 0 Å². The third-order valence-electron chi connectivity index (χ3n) is 6.84. The highest BCUT2D eigenvalue weighted by Gasteiger charge is 2.67. The maximum atomic E-state index is 11.6. The summed E-state index contributed by atoms with van der Waals surface area (Å²) in [5, 5.41) is 60.0. The number of aliphatic hydroxyl groups is 5. The highest BCUT2D eigenvalue weighted by Crippen LogP contribution is 2.58. The fourth-order valence-corrected chi connectivity index (χ4v) is 4.95. The van der Waals surface area contributed by atoms with Crippen molar-refractivity contribution in [2.75, 3.05) is 13.2 Å². The summed E-state index contributed by atoms with van der Waals surface area (Å²) in [4.78, 5) is 10.9. The lowest BCUT2D eigenvalue weighted by atomic mass is 9.59. The number of hydrogen-bond acceptors (Lipinski definition) is 9. The van der Waals surface area contributed by atoms with E-state index in [-0.39, 0.29) is 13.0 Å². The molecule has 3 rings (SSSR count). The Morgan fingerprint density at radius 3 is 2.42 bits per heavy atom. The fourth-order valence-electron chi connectivity index (χ4n) is 4.95. The summed E-state index contributed by atoms with van der Waals surface area (Å²) >= 11 is 0. The van der Waals surface area contributed by atoms with Crippen molar-refractivity contribution in [1.82, 2.24) is 0 Å². The lowest BCUT2D eigenvalue weighted by molar-refractivity contribution is -0.319. The lowest BCUT2D eigenvalue weighted by Gasteiger charge is -2.51. The molecule has 0 aromatic rings. The van der Waals surface area contributed by atoms with Crippen LogP contribution in [-0.2, 0) is 19.0 Å². The Labute approximate surface area is 180 Å². The van der Waals surface area contributed by atoms with Crippen LogP contribution in [0, 0.1) is 5.41 Å². The summed E-state index contributed by atoms with van der Waals surface area (Å²) in [6.45, 7) is 4.88. The van der Waals surface area contributed by atoms with Gasteiger partial charge in [-0.05, 0) is 31.9 Å². The summed E-state index contributed by atoms with van der Waals surface area (Å²) in [5.41, 5.74) is -2.77. The average Bonchev–Trinajstić information content (AvgIpc) is 2.79. The molecule has 10 nitrogen and oxygen atoms in total. The molecule has 3 fully saturated rings. The minimum Gasteiger partial charge on any atom is -0.478 e. The van der Waals surface area contributed by atoms with Gasteiger partial charge in [0, 0.05) is 17.9 Å². The van der Waals surface area contributed by atoms with Crippen molar-refractivity contribution in [3.8, 4) is 0 Å². The Morgan fingerprint density at radius 1 is 1.16 bits per heavy atom. The number of aliphatic carboxylic acids is 1. The van der Waals surface area contributed by atoms with E-state index in [0.717, 1.165) is 6.08 Å². The number of hydrogen-bond donors (Lipinski definition) is 6. The number of carboxylic acid groups (broad SMARTS) is 1. The standard InChI is InChI=1S/C21H32O10/c1-11(6-14(23)24)4-5-21(28)19(2)7-12(8-20(21,3)29-10-19)30-18-17(27)16(26)15(25)13(9-22)31-18/h4-6,12-13,15-18,22,25-28H,7-10H2,1-3H3,(H,23,24)/b5-4+,11-6-/t12-,13?,15?,16?,17?,18?,19+,20+,21-/m0/s1. The molecule has 2 aliphatic heterocycles. The molecular weight excluding hydrogens is 412 g/mol. The van der Waals surface area contributed by atoms with Crippen molar-refractivity contribution in [2.45, 2.75) is 81.6 Å². The largest absolute Gasteiger partial charge is 0.478 e. The van der Waals surface area contributed by atoms with Gasteiger partial charge in [-0.25, -0.2) is 4.79 Å². The molecule has 9 atom stereocenters. The first-order chi connectivity index (χ1) is 14.4. The van der Waals surface area contributed by atoms with Crippen molar-refractivity contribution >= 4 is 5.97 Å². The van der Waals surface area contributed by atoms with Crippen molar-refractivity contribution in [3.05, 3.63) is 23.8 Å². The van der Waals surface area contributed by atoms with E-state index in [1.54, 1.807) is 26.0 Å². The van der Waals surface area contributed by atoms with Gasteiger partial charge in [-0.1, -0.05) is 13.0 Å². The van der Waals surface area contributed by atoms with Crippen LogP contribution in [0.1, 0.15) is 33.6 Å². The van der Waals surface area contributed by atoms with Crippen LogP contribution in [0.3, 0.4) is 0 Å². The maximum Gasteiger partial charge on any atom is 0.328 e. The van der Waals surface area contributed by atoms with Crippen molar-refractivity contribution in [2.24, 2.45) is 5.41 Å². The minimum atomic E-state index is -1.54. The number of aliphatic hydroxyl groups excluding tert-OH is 4. The van der Waals surface area contributed by atoms with Gasteiger partial charge >= 0.3 is 5.97 Å². The Bertz CT molecular complexity index is 728. The molecule has 176 valence electrons. The van der Waals surface area contributed by atoms with E-state index in [1.807, 2.05) is 6.92 Å². The molecule has 0 aromatic heterocycles. The predicted molar refractivity (Wildman–Crippen MR) is 106 cm³/mol. The summed E-state index contributed by atoms with van der Waals surface area (Å²) < 4.78 is 17.3. The van der Waals surface area contributed by atoms with E-state index >= 15 is 0 Å². The topological polar surface area (TPSA) is 166 Å². The summed E-state index contributed by atoms with van der Waals surface area (Å²) in [5.74, 6) is -1.08. The van der Waals surface area contributed by atoms with Crippen molar-refractivity contribution < 1.29 is 49.6 Å². The number of rotatable bonds is 6. The number of fused-ring (bicyclic) bond motifs is 2. The predicted octanol–water partition coefficient (Wildman–Crippen LogP) is -0.921. The quantitative estimate of drug-likeness (QED) is 0.223. The highest BCUT2D eigenvalue weighted by molar-refractivity contribution is 5.81. The molecular formula is C21H32O10. The van der Waals surface area contributed by atoms with Gasteiger partial charge in [0.2, 0.25) is 0 Å². The molecule has 6 N–H and O–H groups in total. The van der Waals surface area contributed by atoms with Crippen molar-refractivity contribution in [3.63, 3.8) is 0 Å². The maximum absolute atomic E-state index is 11.6. The Balaban J connectivity index is 1.78. The number of allylic oxidation sites excluding steroid dienone is 2. The molecule has 1 aliphatic carbocycles. The van der Waals surface area contributed by atoms with Crippen molar-refractivity contribution in [1.29, 1.82) is 0 Å². The number of carbonyl (C=O) groups is 1. The third-order valence-corrected chi connectivity index (χ3v) is 6.84. The van der Waals surface area contributed by atoms with Crippen LogP contribution >= 0.6 is 0 Å². The van der Waals surface area contributed by atoms with E-state index in [4.69, 9.17) is 19.3 Å². The first-order valence-corrected chi connectivity index (χ1v) is 10.3. The van der Waals surface area contributed by atoms with Crippen LogP contribution in [0.4, 0.5) is 0 Å². The Morgan fingerprint density at radius 2 is 1.84 bits per heavy atom. The van der Waals surface area contributed by atoms with E-state index < -0.39 is 66.0 Å². The molecule has 2 bridgehead atoms. The summed E-state index contributed by atoms with van der Waals surface area (Å²) in [6.07, 6.45) is -2.65. The van der Waals surface area contributed by atoms with E-state index in [2.05, 4.69) is 0 Å². The first-order valence-electron chi connectivity index (χ1n) is 10.3. The molecule has 3 aliphatic rings. The Kier molecular flexibility index (Phi) is 6.68. The lowest BCUT2D eigenvalue weighted by Crippen LogP contribution is -2.63. The molecule has 0 spiro atoms.